The van der Waals surface area contributed by atoms with E-state index in [1.54, 1.807) is 0 Å². The van der Waals surface area contributed by atoms with Crippen LogP contribution in [0.1, 0.15) is 0 Å². The van der Waals surface area contributed by atoms with Crippen LogP contribution in [0.4, 0.5) is 0 Å². The number of rotatable bonds is 0. The maximum atomic E-state index is 0. The first-order valence-electron chi connectivity index (χ1n) is 0. The molecule has 0 heterocycles. The van der Waals surface area contributed by atoms with Gasteiger partial charge in [0.15, 0.2) is 0 Å². The van der Waals surface area contributed by atoms with Gasteiger partial charge < -0.3 is 37.2 Å². The Morgan fingerprint density at radius 3 is 0.571 bits per heavy atom. The summed E-state index contributed by atoms with van der Waals surface area (Å²) in [6.07, 6.45) is 0. The summed E-state index contributed by atoms with van der Waals surface area (Å²) in [6, 6.07) is 0. The normalized spacial score (nSPS) is 0. The summed E-state index contributed by atoms with van der Waals surface area (Å²) in [6.45, 7) is 0. The molecule has 0 unspecified atom stereocenters. The average Bonchev–Trinajstić information content (AvgIpc) is 0. The molecule has 0 saturated carbocycles. The van der Waals surface area contributed by atoms with Crippen molar-refractivity contribution in [3.8, 4) is 0 Å². The quantitative estimate of drug-likeness (QED) is 0.390. The van der Waals surface area contributed by atoms with Crippen LogP contribution in [0.2, 0.25) is 0 Å². The molecule has 0 rings (SSSR count). The molecule has 0 aromatic heterocycles. The van der Waals surface area contributed by atoms with Crippen LogP contribution in [-0.2, 0) is 17.4 Å². The Hall–Kier alpha value is 2.50. The van der Waals surface area contributed by atoms with Crippen LogP contribution in [-0.4, -0.2) is 17.1 Å². The monoisotopic (exact) mass is 311 g/mol. The summed E-state index contributed by atoms with van der Waals surface area (Å²) in [5.74, 6) is 0. The van der Waals surface area contributed by atoms with E-state index in [2.05, 4.69) is 0 Å². The van der Waals surface area contributed by atoms with Crippen LogP contribution in [0.15, 0.2) is 0 Å². The molecule has 0 atom stereocenters. The van der Waals surface area contributed by atoms with Gasteiger partial charge >= 0.3 is 34.4 Å². The third-order valence-corrected chi connectivity index (χ3v) is 0. The Balaban J connectivity index is 0. The van der Waals surface area contributed by atoms with E-state index in [0.29, 0.717) is 0 Å². The van der Waals surface area contributed by atoms with Crippen LogP contribution < -0.4 is 37.2 Å². The van der Waals surface area contributed by atoms with Crippen molar-refractivity contribution < 1.29 is 54.6 Å². The van der Waals surface area contributed by atoms with Gasteiger partial charge in [-0.2, -0.15) is 0 Å². The van der Waals surface area contributed by atoms with Crippen LogP contribution in [0.3, 0.4) is 0 Å². The summed E-state index contributed by atoms with van der Waals surface area (Å²) in [7, 11) is 0. The van der Waals surface area contributed by atoms with Gasteiger partial charge in [-0.3, -0.25) is 0 Å². The molecule has 0 amide bonds. The first-order valence-corrected chi connectivity index (χ1v) is 0. The molecule has 0 aliphatic heterocycles. The molecule has 0 spiro atoms. The van der Waals surface area contributed by atoms with Gasteiger partial charge in [0, 0.05) is 0 Å². The van der Waals surface area contributed by atoms with Gasteiger partial charge in [-0.25, -0.2) is 0 Å². The van der Waals surface area contributed by atoms with Crippen molar-refractivity contribution in [2.24, 2.45) is 0 Å². The fourth-order valence-corrected chi connectivity index (χ4v) is 0. The van der Waals surface area contributed by atoms with E-state index < -0.39 is 0 Å². The van der Waals surface area contributed by atoms with Gasteiger partial charge in [0.2, 0.25) is 0 Å². The molecule has 0 bridgehead atoms. The molecule has 0 saturated heterocycles. The predicted octanol–water partition coefficient (Wildman–Crippen LogP) is -9.06. The summed E-state index contributed by atoms with van der Waals surface area (Å²) in [5, 5.41) is 0. The van der Waals surface area contributed by atoms with Crippen molar-refractivity contribution in [1.82, 2.24) is 0 Å². The SMILES string of the molecule is Cl.Cl.[Cl-].[Cl-].[Cl-].[Cr+3].[SeH2]. The maximum absolute atomic E-state index is 0. The first-order chi connectivity index (χ1) is 0. The Bertz CT molecular complexity index is 8.04. The minimum absolute atomic E-state index is 0. The van der Waals surface area contributed by atoms with Gasteiger partial charge in [0.05, 0.1) is 0 Å². The molecule has 0 aromatic carbocycles. The van der Waals surface area contributed by atoms with Crippen molar-refractivity contribution in [2.45, 2.75) is 0 Å². The predicted molar refractivity (Wildman–Crippen MR) is 23.0 cm³/mol. The fourth-order valence-electron chi connectivity index (χ4n) is 0. The molecule has 0 N–H and O–H groups in total. The van der Waals surface area contributed by atoms with Gasteiger partial charge in [-0.15, -0.1) is 24.8 Å². The number of halogens is 5. The topological polar surface area (TPSA) is 0 Å². The second-order valence-corrected chi connectivity index (χ2v) is 0. The molecule has 0 aliphatic carbocycles. The van der Waals surface area contributed by atoms with E-state index in [4.69, 9.17) is 0 Å². The van der Waals surface area contributed by atoms with Crippen LogP contribution >= 0.6 is 24.8 Å². The van der Waals surface area contributed by atoms with Gasteiger partial charge in [0.1, 0.15) is 0 Å². The molecule has 0 nitrogen and oxygen atoms in total. The van der Waals surface area contributed by atoms with Crippen molar-refractivity contribution in [3.63, 3.8) is 0 Å². The Labute approximate surface area is 95.6 Å². The molecule has 51 valence electrons. The molecular formula is H4Cl5CrSe. The van der Waals surface area contributed by atoms with E-state index in [9.17, 15) is 0 Å². The minimum atomic E-state index is 0. The Morgan fingerprint density at radius 1 is 0.571 bits per heavy atom. The second-order valence-electron chi connectivity index (χ2n) is 0. The third-order valence-electron chi connectivity index (χ3n) is 0. The molecule has 0 aliphatic rings. The van der Waals surface area contributed by atoms with Gasteiger partial charge in [-0.1, -0.05) is 0 Å². The second kappa shape index (κ2) is 76.4. The summed E-state index contributed by atoms with van der Waals surface area (Å²) in [5.41, 5.74) is 0. The van der Waals surface area contributed by atoms with E-state index in [0.717, 1.165) is 0 Å². The molecule has 7 heteroatoms. The average molecular weight is 312 g/mol. The number of hydrogen-bond donors (Lipinski definition) is 0. The molecule has 0 fully saturated rings. The van der Waals surface area contributed by atoms with Crippen molar-refractivity contribution in [3.05, 3.63) is 0 Å². The van der Waals surface area contributed by atoms with Crippen LogP contribution in [0, 0.1) is 0 Å². The van der Waals surface area contributed by atoms with Gasteiger partial charge in [-0.05, 0) is 0 Å². The zero-order valence-corrected chi connectivity index (χ0v) is 10.1. The van der Waals surface area contributed by atoms with E-state index in [1.165, 1.54) is 0 Å². The standard InChI is InChI=1S/5ClH.Cr.H2Se/h5*1H;;1H2/q;;;;;+3;/p-3. The Kier molecular flexibility index (Phi) is 1200. The van der Waals surface area contributed by atoms with Crippen molar-refractivity contribution >= 4 is 41.9 Å². The number of hydrogen-bond acceptors (Lipinski definition) is 0. The summed E-state index contributed by atoms with van der Waals surface area (Å²) in [4.78, 5) is 0. The molecule has 0 aromatic rings. The first kappa shape index (κ1) is 110. The zero-order valence-electron chi connectivity index (χ0n) is 2.86. The molecular weight excluding hydrogens is 308 g/mol. The zero-order chi connectivity index (χ0) is 0. The summed E-state index contributed by atoms with van der Waals surface area (Å²) < 4.78 is 0. The van der Waals surface area contributed by atoms with Crippen molar-refractivity contribution in [1.29, 1.82) is 0 Å². The summed E-state index contributed by atoms with van der Waals surface area (Å²) >= 11 is 0. The Morgan fingerprint density at radius 2 is 0.571 bits per heavy atom. The molecule has 1 radical (unpaired) electrons. The fraction of sp³-hybridized carbons (Fsp3) is 0. The molecule has 7 heavy (non-hydrogen) atoms. The van der Waals surface area contributed by atoms with Crippen molar-refractivity contribution in [2.75, 3.05) is 0 Å². The van der Waals surface area contributed by atoms with Gasteiger partial charge in [0.25, 0.3) is 0 Å². The van der Waals surface area contributed by atoms with E-state index in [-0.39, 0.29) is 96.5 Å². The van der Waals surface area contributed by atoms with Crippen LogP contribution in [0.25, 0.3) is 0 Å². The van der Waals surface area contributed by atoms with E-state index >= 15 is 0 Å². The van der Waals surface area contributed by atoms with E-state index in [1.807, 2.05) is 0 Å². The third kappa shape index (κ3) is 57.4. The van der Waals surface area contributed by atoms with Crippen LogP contribution in [0.5, 0.6) is 0 Å².